The summed E-state index contributed by atoms with van der Waals surface area (Å²) in [6.07, 6.45) is 1.50. The number of hydrogen-bond acceptors (Lipinski definition) is 7. The number of rotatable bonds is 3. The molecule has 1 amide bonds. The van der Waals surface area contributed by atoms with E-state index in [4.69, 9.17) is 20.8 Å². The molecule has 5 rings (SSSR count). The first kappa shape index (κ1) is 20.1. The Balaban J connectivity index is 1.40. The monoisotopic (exact) mass is 441 g/mol. The van der Waals surface area contributed by atoms with Crippen LogP contribution in [0, 0.1) is 6.92 Å². The Labute approximate surface area is 185 Å². The van der Waals surface area contributed by atoms with E-state index in [1.54, 1.807) is 0 Å². The predicted molar refractivity (Wildman–Crippen MR) is 119 cm³/mol. The van der Waals surface area contributed by atoms with E-state index in [1.165, 1.54) is 6.33 Å². The van der Waals surface area contributed by atoms with Gasteiger partial charge in [-0.25, -0.2) is 9.97 Å². The molecule has 4 heterocycles. The SMILES string of the molecule is Cc1oc2ncnc(N3CCOCC3)c2c1C(=O)N1CCN(c2ccc(Cl)cc2)CC1. The molecule has 0 bridgehead atoms. The lowest BCUT2D eigenvalue weighted by atomic mass is 10.1. The number of halogens is 1. The summed E-state index contributed by atoms with van der Waals surface area (Å²) in [6, 6.07) is 7.81. The van der Waals surface area contributed by atoms with Crippen molar-refractivity contribution in [3.05, 3.63) is 46.9 Å². The number of nitrogens with zero attached hydrogens (tertiary/aromatic N) is 5. The fourth-order valence-corrected chi connectivity index (χ4v) is 4.41. The maximum Gasteiger partial charge on any atom is 0.258 e. The summed E-state index contributed by atoms with van der Waals surface area (Å²) in [4.78, 5) is 28.6. The first-order valence-corrected chi connectivity index (χ1v) is 10.9. The van der Waals surface area contributed by atoms with E-state index < -0.39 is 0 Å². The molecule has 0 atom stereocenters. The largest absolute Gasteiger partial charge is 0.442 e. The third-order valence-electron chi connectivity index (χ3n) is 5.93. The van der Waals surface area contributed by atoms with Crippen molar-refractivity contribution in [1.82, 2.24) is 14.9 Å². The standard InChI is InChI=1S/C22H24ClN5O3/c1-15-18(19-20(24-14-25-21(19)31-15)27-10-12-30-13-11-27)22(29)28-8-6-26(7-9-28)17-4-2-16(23)3-5-17/h2-5,14H,6-13H2,1H3. The Kier molecular flexibility index (Phi) is 5.41. The average Bonchev–Trinajstić information content (AvgIpc) is 3.15. The van der Waals surface area contributed by atoms with Crippen molar-refractivity contribution in [2.24, 2.45) is 0 Å². The normalized spacial score (nSPS) is 17.4. The second kappa shape index (κ2) is 8.36. The van der Waals surface area contributed by atoms with E-state index in [0.29, 0.717) is 48.7 Å². The van der Waals surface area contributed by atoms with Gasteiger partial charge in [0.25, 0.3) is 5.91 Å². The van der Waals surface area contributed by atoms with Crippen LogP contribution in [0.15, 0.2) is 35.0 Å². The number of benzene rings is 1. The number of amides is 1. The highest BCUT2D eigenvalue weighted by atomic mass is 35.5. The number of ether oxygens (including phenoxy) is 1. The fourth-order valence-electron chi connectivity index (χ4n) is 4.28. The minimum atomic E-state index is -0.0312. The summed E-state index contributed by atoms with van der Waals surface area (Å²) in [7, 11) is 0. The van der Waals surface area contributed by atoms with Gasteiger partial charge in [-0.2, -0.15) is 0 Å². The molecule has 8 nitrogen and oxygen atoms in total. The number of carbonyl (C=O) groups excluding carboxylic acids is 1. The van der Waals surface area contributed by atoms with Crippen molar-refractivity contribution in [1.29, 1.82) is 0 Å². The van der Waals surface area contributed by atoms with E-state index in [0.717, 1.165) is 42.7 Å². The molecule has 0 spiro atoms. The Morgan fingerprint density at radius 1 is 0.968 bits per heavy atom. The molecule has 9 heteroatoms. The number of anilines is 2. The van der Waals surface area contributed by atoms with Gasteiger partial charge >= 0.3 is 0 Å². The van der Waals surface area contributed by atoms with Crippen molar-refractivity contribution in [3.63, 3.8) is 0 Å². The molecule has 2 aliphatic heterocycles. The van der Waals surface area contributed by atoms with Crippen LogP contribution in [0.3, 0.4) is 0 Å². The lowest BCUT2D eigenvalue weighted by molar-refractivity contribution is 0.0746. The van der Waals surface area contributed by atoms with Crippen LogP contribution in [0.5, 0.6) is 0 Å². The second-order valence-corrected chi connectivity index (χ2v) is 8.20. The summed E-state index contributed by atoms with van der Waals surface area (Å²) in [5.41, 5.74) is 2.14. The van der Waals surface area contributed by atoms with Crippen LogP contribution in [0.25, 0.3) is 11.1 Å². The zero-order valence-electron chi connectivity index (χ0n) is 17.4. The number of aryl methyl sites for hydroxylation is 1. The van der Waals surface area contributed by atoms with E-state index in [-0.39, 0.29) is 5.91 Å². The molecule has 3 aromatic rings. The number of aromatic nitrogens is 2. The minimum absolute atomic E-state index is 0.0312. The molecular weight excluding hydrogens is 418 g/mol. The first-order chi connectivity index (χ1) is 15.1. The summed E-state index contributed by atoms with van der Waals surface area (Å²) in [6.45, 7) is 7.33. The Bertz CT molecular complexity index is 1090. The lowest BCUT2D eigenvalue weighted by Gasteiger charge is -2.36. The molecule has 1 aromatic carbocycles. The molecule has 2 fully saturated rings. The number of morpholine rings is 1. The van der Waals surface area contributed by atoms with Gasteiger partial charge in [0.2, 0.25) is 5.71 Å². The number of furan rings is 1. The van der Waals surface area contributed by atoms with E-state index in [9.17, 15) is 4.79 Å². The van der Waals surface area contributed by atoms with Crippen LogP contribution in [-0.4, -0.2) is 73.3 Å². The highest BCUT2D eigenvalue weighted by molar-refractivity contribution is 6.30. The molecule has 0 radical (unpaired) electrons. The van der Waals surface area contributed by atoms with Crippen LogP contribution in [0.2, 0.25) is 5.02 Å². The maximum absolute atomic E-state index is 13.5. The van der Waals surface area contributed by atoms with Crippen molar-refractivity contribution in [2.75, 3.05) is 62.3 Å². The lowest BCUT2D eigenvalue weighted by Crippen LogP contribution is -2.49. The van der Waals surface area contributed by atoms with Crippen molar-refractivity contribution >= 4 is 40.1 Å². The van der Waals surface area contributed by atoms with Crippen LogP contribution in [-0.2, 0) is 4.74 Å². The molecule has 0 N–H and O–H groups in total. The second-order valence-electron chi connectivity index (χ2n) is 7.77. The molecule has 162 valence electrons. The van der Waals surface area contributed by atoms with Gasteiger partial charge in [0.15, 0.2) is 0 Å². The fraction of sp³-hybridized carbons (Fsp3) is 0.409. The average molecular weight is 442 g/mol. The van der Waals surface area contributed by atoms with Crippen molar-refractivity contribution in [2.45, 2.75) is 6.92 Å². The van der Waals surface area contributed by atoms with E-state index >= 15 is 0 Å². The van der Waals surface area contributed by atoms with Gasteiger partial charge < -0.3 is 23.9 Å². The third-order valence-corrected chi connectivity index (χ3v) is 6.18. The summed E-state index contributed by atoms with van der Waals surface area (Å²) >= 11 is 6.00. The zero-order valence-corrected chi connectivity index (χ0v) is 18.1. The molecule has 0 aliphatic carbocycles. The van der Waals surface area contributed by atoms with Crippen LogP contribution in [0.1, 0.15) is 16.1 Å². The van der Waals surface area contributed by atoms with Crippen molar-refractivity contribution < 1.29 is 13.9 Å². The summed E-state index contributed by atoms with van der Waals surface area (Å²) in [5.74, 6) is 1.29. The number of carbonyl (C=O) groups is 1. The molecular formula is C22H24ClN5O3. The van der Waals surface area contributed by atoms with E-state index in [1.807, 2.05) is 36.1 Å². The highest BCUT2D eigenvalue weighted by Crippen LogP contribution is 2.33. The number of fused-ring (bicyclic) bond motifs is 1. The highest BCUT2D eigenvalue weighted by Gasteiger charge is 2.30. The Morgan fingerprint density at radius 3 is 2.39 bits per heavy atom. The van der Waals surface area contributed by atoms with Gasteiger partial charge in [0, 0.05) is 50.0 Å². The molecule has 2 saturated heterocycles. The summed E-state index contributed by atoms with van der Waals surface area (Å²) in [5, 5.41) is 1.42. The van der Waals surface area contributed by atoms with Crippen LogP contribution >= 0.6 is 11.6 Å². The van der Waals surface area contributed by atoms with Crippen LogP contribution < -0.4 is 9.80 Å². The molecule has 31 heavy (non-hydrogen) atoms. The van der Waals surface area contributed by atoms with Gasteiger partial charge in [-0.3, -0.25) is 4.79 Å². The Hall–Kier alpha value is -2.84. The first-order valence-electron chi connectivity index (χ1n) is 10.5. The van der Waals surface area contributed by atoms with E-state index in [2.05, 4.69) is 19.8 Å². The quantitative estimate of drug-likeness (QED) is 0.618. The minimum Gasteiger partial charge on any atom is -0.442 e. The smallest absolute Gasteiger partial charge is 0.258 e. The predicted octanol–water partition coefficient (Wildman–Crippen LogP) is 2.98. The van der Waals surface area contributed by atoms with Gasteiger partial charge in [0.1, 0.15) is 17.9 Å². The van der Waals surface area contributed by atoms with Gasteiger partial charge in [-0.15, -0.1) is 0 Å². The Morgan fingerprint density at radius 2 is 1.68 bits per heavy atom. The maximum atomic E-state index is 13.5. The van der Waals surface area contributed by atoms with Gasteiger partial charge in [0.05, 0.1) is 24.2 Å². The topological polar surface area (TPSA) is 74.9 Å². The molecule has 2 aliphatic rings. The zero-order chi connectivity index (χ0) is 21.4. The van der Waals surface area contributed by atoms with Crippen LogP contribution in [0.4, 0.5) is 11.5 Å². The molecule has 2 aromatic heterocycles. The van der Waals surface area contributed by atoms with Gasteiger partial charge in [-0.05, 0) is 31.2 Å². The number of hydrogen-bond donors (Lipinski definition) is 0. The van der Waals surface area contributed by atoms with Crippen molar-refractivity contribution in [3.8, 4) is 0 Å². The van der Waals surface area contributed by atoms with Gasteiger partial charge in [-0.1, -0.05) is 11.6 Å². The summed E-state index contributed by atoms with van der Waals surface area (Å²) < 4.78 is 11.3. The number of piperazine rings is 1. The third kappa shape index (κ3) is 3.81. The molecule has 0 unspecified atom stereocenters. The molecule has 0 saturated carbocycles.